The molecular formula is C9H20N2O. The van der Waals surface area contributed by atoms with Crippen molar-refractivity contribution >= 4 is 0 Å². The third kappa shape index (κ3) is 1.97. The molecule has 0 amide bonds. The van der Waals surface area contributed by atoms with Crippen LogP contribution in [-0.4, -0.2) is 36.4 Å². The largest absolute Gasteiger partial charge is 0.388 e. The molecule has 0 aromatic rings. The molecule has 0 aromatic carbocycles. The Bertz CT molecular complexity index is 139. The number of hydrogen-bond acceptors (Lipinski definition) is 3. The summed E-state index contributed by atoms with van der Waals surface area (Å²) < 4.78 is 0. The molecule has 3 nitrogen and oxygen atoms in total. The van der Waals surface area contributed by atoms with Crippen molar-refractivity contribution in [1.29, 1.82) is 0 Å². The van der Waals surface area contributed by atoms with Crippen LogP contribution < -0.4 is 10.6 Å². The minimum Gasteiger partial charge on any atom is -0.388 e. The number of nitrogens with one attached hydrogen (secondary N) is 2. The Kier molecular flexibility index (Phi) is 3.09. The molecule has 1 aliphatic rings. The van der Waals surface area contributed by atoms with E-state index in [4.69, 9.17) is 0 Å². The highest BCUT2D eigenvalue weighted by molar-refractivity contribution is 4.93. The second kappa shape index (κ2) is 3.73. The van der Waals surface area contributed by atoms with Crippen LogP contribution in [0.15, 0.2) is 0 Å². The third-order valence-electron chi connectivity index (χ3n) is 2.92. The molecule has 12 heavy (non-hydrogen) atoms. The zero-order chi connectivity index (χ0) is 9.19. The summed E-state index contributed by atoms with van der Waals surface area (Å²) >= 11 is 0. The zero-order valence-electron chi connectivity index (χ0n) is 8.22. The Balaban J connectivity index is 2.53. The van der Waals surface area contributed by atoms with Crippen LogP contribution in [-0.2, 0) is 0 Å². The Morgan fingerprint density at radius 2 is 2.08 bits per heavy atom. The molecular weight excluding hydrogens is 152 g/mol. The van der Waals surface area contributed by atoms with Gasteiger partial charge in [-0.1, -0.05) is 13.8 Å². The molecule has 72 valence electrons. The van der Waals surface area contributed by atoms with Crippen LogP contribution in [0.5, 0.6) is 0 Å². The first kappa shape index (κ1) is 9.96. The van der Waals surface area contributed by atoms with Crippen LogP contribution in [0.4, 0.5) is 0 Å². The van der Waals surface area contributed by atoms with Gasteiger partial charge in [-0.15, -0.1) is 0 Å². The van der Waals surface area contributed by atoms with E-state index in [1.54, 1.807) is 0 Å². The number of rotatable bonds is 2. The molecule has 3 N–H and O–H groups in total. The fraction of sp³-hybridized carbons (Fsp3) is 1.00. The fourth-order valence-corrected chi connectivity index (χ4v) is 1.47. The van der Waals surface area contributed by atoms with Gasteiger partial charge in [-0.05, 0) is 12.8 Å². The average molecular weight is 172 g/mol. The molecule has 0 aliphatic carbocycles. The predicted octanol–water partition coefficient (Wildman–Crippen LogP) is -0.0452. The van der Waals surface area contributed by atoms with Crippen LogP contribution in [0.25, 0.3) is 0 Å². The summed E-state index contributed by atoms with van der Waals surface area (Å²) in [7, 11) is 0. The van der Waals surface area contributed by atoms with Gasteiger partial charge in [-0.2, -0.15) is 0 Å². The molecule has 0 bridgehead atoms. The topological polar surface area (TPSA) is 44.3 Å². The van der Waals surface area contributed by atoms with Gasteiger partial charge in [0.05, 0.1) is 5.60 Å². The van der Waals surface area contributed by atoms with E-state index < -0.39 is 5.60 Å². The lowest BCUT2D eigenvalue weighted by Gasteiger charge is -2.39. The van der Waals surface area contributed by atoms with E-state index in [0.29, 0.717) is 0 Å². The molecule has 1 heterocycles. The first-order chi connectivity index (χ1) is 5.55. The summed E-state index contributed by atoms with van der Waals surface area (Å²) in [6.45, 7) is 8.83. The maximum absolute atomic E-state index is 10.1. The molecule has 0 radical (unpaired) electrons. The van der Waals surface area contributed by atoms with E-state index in [-0.39, 0.29) is 12.0 Å². The lowest BCUT2D eigenvalue weighted by molar-refractivity contribution is -0.0258. The first-order valence-electron chi connectivity index (χ1n) is 4.71. The van der Waals surface area contributed by atoms with Gasteiger partial charge in [-0.25, -0.2) is 0 Å². The fourth-order valence-electron chi connectivity index (χ4n) is 1.47. The van der Waals surface area contributed by atoms with Crippen molar-refractivity contribution in [2.45, 2.75) is 32.4 Å². The van der Waals surface area contributed by atoms with Crippen molar-refractivity contribution in [2.75, 3.05) is 19.6 Å². The normalized spacial score (nSPS) is 30.2. The van der Waals surface area contributed by atoms with E-state index in [1.807, 2.05) is 6.92 Å². The van der Waals surface area contributed by atoms with Gasteiger partial charge in [0.25, 0.3) is 0 Å². The molecule has 2 atom stereocenters. The predicted molar refractivity (Wildman–Crippen MR) is 50.1 cm³/mol. The summed E-state index contributed by atoms with van der Waals surface area (Å²) in [5, 5.41) is 16.7. The SMILES string of the molecule is CC(C)C(C)(O)C1CNCCN1. The highest BCUT2D eigenvalue weighted by Crippen LogP contribution is 2.20. The van der Waals surface area contributed by atoms with Crippen molar-refractivity contribution in [1.82, 2.24) is 10.6 Å². The molecule has 0 aromatic heterocycles. The lowest BCUT2D eigenvalue weighted by atomic mass is 9.84. The maximum Gasteiger partial charge on any atom is 0.0807 e. The van der Waals surface area contributed by atoms with E-state index in [2.05, 4.69) is 24.5 Å². The first-order valence-corrected chi connectivity index (χ1v) is 4.71. The second-order valence-electron chi connectivity index (χ2n) is 4.09. The van der Waals surface area contributed by atoms with E-state index in [0.717, 1.165) is 19.6 Å². The standard InChI is InChI=1S/C9H20N2O/c1-7(2)9(3,12)8-6-10-4-5-11-8/h7-8,10-12H,4-6H2,1-3H3. The summed E-state index contributed by atoms with van der Waals surface area (Å²) in [5.41, 5.74) is -0.604. The highest BCUT2D eigenvalue weighted by Gasteiger charge is 2.35. The summed E-state index contributed by atoms with van der Waals surface area (Å²) in [6.07, 6.45) is 0. The minimum atomic E-state index is -0.604. The smallest absolute Gasteiger partial charge is 0.0807 e. The van der Waals surface area contributed by atoms with Crippen LogP contribution in [0.1, 0.15) is 20.8 Å². The monoisotopic (exact) mass is 172 g/mol. The van der Waals surface area contributed by atoms with E-state index in [1.165, 1.54) is 0 Å². The molecule has 2 unspecified atom stereocenters. The average Bonchev–Trinajstić information content (AvgIpc) is 2.06. The summed E-state index contributed by atoms with van der Waals surface area (Å²) in [5.74, 6) is 0.287. The molecule has 0 saturated carbocycles. The van der Waals surface area contributed by atoms with E-state index in [9.17, 15) is 5.11 Å². The number of aliphatic hydroxyl groups is 1. The third-order valence-corrected chi connectivity index (χ3v) is 2.92. The Morgan fingerprint density at radius 3 is 2.50 bits per heavy atom. The highest BCUT2D eigenvalue weighted by atomic mass is 16.3. The molecule has 1 fully saturated rings. The van der Waals surface area contributed by atoms with Gasteiger partial charge in [0, 0.05) is 25.7 Å². The summed E-state index contributed by atoms with van der Waals surface area (Å²) in [4.78, 5) is 0. The van der Waals surface area contributed by atoms with Gasteiger partial charge in [-0.3, -0.25) is 0 Å². The Morgan fingerprint density at radius 1 is 1.42 bits per heavy atom. The van der Waals surface area contributed by atoms with Gasteiger partial charge in [0.2, 0.25) is 0 Å². The van der Waals surface area contributed by atoms with E-state index >= 15 is 0 Å². The van der Waals surface area contributed by atoms with Crippen LogP contribution >= 0.6 is 0 Å². The quantitative estimate of drug-likeness (QED) is 0.547. The molecule has 1 saturated heterocycles. The van der Waals surface area contributed by atoms with Crippen molar-refractivity contribution in [3.63, 3.8) is 0 Å². The lowest BCUT2D eigenvalue weighted by Crippen LogP contribution is -2.61. The molecule has 1 rings (SSSR count). The molecule has 0 spiro atoms. The van der Waals surface area contributed by atoms with Crippen molar-refractivity contribution in [3.8, 4) is 0 Å². The number of hydrogen-bond donors (Lipinski definition) is 3. The van der Waals surface area contributed by atoms with Crippen LogP contribution in [0.3, 0.4) is 0 Å². The van der Waals surface area contributed by atoms with Crippen molar-refractivity contribution in [3.05, 3.63) is 0 Å². The Hall–Kier alpha value is -0.120. The summed E-state index contributed by atoms with van der Waals surface area (Å²) in [6, 6.07) is 0.186. The van der Waals surface area contributed by atoms with Gasteiger partial charge >= 0.3 is 0 Å². The van der Waals surface area contributed by atoms with Crippen molar-refractivity contribution in [2.24, 2.45) is 5.92 Å². The van der Waals surface area contributed by atoms with Crippen LogP contribution in [0.2, 0.25) is 0 Å². The van der Waals surface area contributed by atoms with Gasteiger partial charge < -0.3 is 15.7 Å². The van der Waals surface area contributed by atoms with Crippen LogP contribution in [0, 0.1) is 5.92 Å². The Labute approximate surface area is 74.5 Å². The molecule has 3 heteroatoms. The van der Waals surface area contributed by atoms with Gasteiger partial charge in [0.1, 0.15) is 0 Å². The van der Waals surface area contributed by atoms with Gasteiger partial charge in [0.15, 0.2) is 0 Å². The molecule has 1 aliphatic heterocycles. The zero-order valence-corrected chi connectivity index (χ0v) is 8.22. The minimum absolute atomic E-state index is 0.186. The number of piperazine rings is 1. The van der Waals surface area contributed by atoms with Crippen molar-refractivity contribution < 1.29 is 5.11 Å². The maximum atomic E-state index is 10.1. The second-order valence-corrected chi connectivity index (χ2v) is 4.09.